The van der Waals surface area contributed by atoms with Crippen molar-refractivity contribution in [2.75, 3.05) is 13.2 Å². The molecule has 0 aliphatic carbocycles. The first-order valence-electron chi connectivity index (χ1n) is 10.3. The molecular formula is C24H24N4O3S. The summed E-state index contributed by atoms with van der Waals surface area (Å²) in [7, 11) is 0. The van der Waals surface area contributed by atoms with Crippen LogP contribution in [0.15, 0.2) is 58.8 Å². The molecule has 2 heterocycles. The number of nitrogens with zero attached hydrogens (tertiary/aromatic N) is 3. The zero-order valence-electron chi connectivity index (χ0n) is 18.2. The van der Waals surface area contributed by atoms with Gasteiger partial charge in [0.2, 0.25) is 0 Å². The molecule has 1 aliphatic rings. The number of aromatic nitrogens is 2. The second kappa shape index (κ2) is 9.82. The van der Waals surface area contributed by atoms with Gasteiger partial charge in [0.1, 0.15) is 13.2 Å². The highest BCUT2D eigenvalue weighted by Crippen LogP contribution is 2.30. The lowest BCUT2D eigenvalue weighted by molar-refractivity contribution is 0.0955. The molecule has 1 amide bonds. The average Bonchev–Trinajstić information content (AvgIpc) is 2.80. The lowest BCUT2D eigenvalue weighted by Crippen LogP contribution is -2.19. The molecule has 0 radical (unpaired) electrons. The number of hydrogen-bond acceptors (Lipinski definition) is 7. The van der Waals surface area contributed by atoms with E-state index in [1.165, 1.54) is 0 Å². The summed E-state index contributed by atoms with van der Waals surface area (Å²) in [5.41, 5.74) is 7.70. The molecule has 164 valence electrons. The molecular weight excluding hydrogens is 424 g/mol. The molecule has 2 aromatic carbocycles. The second-order valence-corrected chi connectivity index (χ2v) is 8.36. The minimum Gasteiger partial charge on any atom is -0.486 e. The van der Waals surface area contributed by atoms with Crippen LogP contribution in [0, 0.1) is 13.8 Å². The fourth-order valence-corrected chi connectivity index (χ4v) is 4.10. The van der Waals surface area contributed by atoms with Crippen molar-refractivity contribution in [3.8, 4) is 11.5 Å². The van der Waals surface area contributed by atoms with Gasteiger partial charge in [-0.1, -0.05) is 23.9 Å². The number of carbonyl (C=O) groups excluding carboxylic acids is 1. The summed E-state index contributed by atoms with van der Waals surface area (Å²) in [4.78, 5) is 21.4. The maximum absolute atomic E-state index is 12.5. The van der Waals surface area contributed by atoms with Crippen molar-refractivity contribution >= 4 is 23.4 Å². The third-order valence-electron chi connectivity index (χ3n) is 4.83. The standard InChI is InChI=1S/C24H24N4O3S/c1-15-12-16(2)26-24(25-15)32-14-18-4-6-19(7-5-18)23(29)28-27-17(3)20-8-9-21-22(13-20)31-11-10-30-21/h4-9,12-13H,10-11,14H2,1-3H3,(H,28,29)/b27-17+. The smallest absolute Gasteiger partial charge is 0.271 e. The molecule has 8 heteroatoms. The monoisotopic (exact) mass is 448 g/mol. The van der Waals surface area contributed by atoms with E-state index in [2.05, 4.69) is 20.5 Å². The van der Waals surface area contributed by atoms with E-state index in [9.17, 15) is 4.79 Å². The minimum absolute atomic E-state index is 0.265. The van der Waals surface area contributed by atoms with Crippen molar-refractivity contribution in [3.63, 3.8) is 0 Å². The van der Waals surface area contributed by atoms with Gasteiger partial charge in [-0.25, -0.2) is 15.4 Å². The third kappa shape index (κ3) is 5.45. The predicted molar refractivity (Wildman–Crippen MR) is 125 cm³/mol. The van der Waals surface area contributed by atoms with Crippen molar-refractivity contribution < 1.29 is 14.3 Å². The van der Waals surface area contributed by atoms with Crippen LogP contribution in [-0.2, 0) is 5.75 Å². The van der Waals surface area contributed by atoms with Crippen LogP contribution in [0.2, 0.25) is 0 Å². The number of aryl methyl sites for hydroxylation is 2. The molecule has 4 rings (SSSR count). The van der Waals surface area contributed by atoms with Gasteiger partial charge in [-0.2, -0.15) is 5.10 Å². The molecule has 0 spiro atoms. The van der Waals surface area contributed by atoms with Crippen LogP contribution in [0.3, 0.4) is 0 Å². The number of rotatable bonds is 6. The van der Waals surface area contributed by atoms with E-state index in [0.29, 0.717) is 30.2 Å². The number of benzene rings is 2. The molecule has 1 N–H and O–H groups in total. The van der Waals surface area contributed by atoms with E-state index < -0.39 is 0 Å². The lowest BCUT2D eigenvalue weighted by atomic mass is 10.1. The van der Waals surface area contributed by atoms with E-state index in [4.69, 9.17) is 9.47 Å². The Bertz CT molecular complexity index is 1140. The van der Waals surface area contributed by atoms with E-state index in [1.807, 2.05) is 57.2 Å². The summed E-state index contributed by atoms with van der Waals surface area (Å²) in [5, 5.41) is 4.99. The first-order chi connectivity index (χ1) is 15.5. The van der Waals surface area contributed by atoms with Crippen molar-refractivity contribution in [2.24, 2.45) is 5.10 Å². The molecule has 0 unspecified atom stereocenters. The summed E-state index contributed by atoms with van der Waals surface area (Å²) in [6.07, 6.45) is 0. The molecule has 0 saturated heterocycles. The van der Waals surface area contributed by atoms with Crippen LogP contribution in [-0.4, -0.2) is 34.8 Å². The van der Waals surface area contributed by atoms with Crippen molar-refractivity contribution in [3.05, 3.63) is 76.6 Å². The maximum atomic E-state index is 12.5. The first kappa shape index (κ1) is 21.8. The Kier molecular flexibility index (Phi) is 6.70. The Morgan fingerprint density at radius 1 is 0.969 bits per heavy atom. The molecule has 3 aromatic rings. The van der Waals surface area contributed by atoms with Crippen LogP contribution < -0.4 is 14.9 Å². The van der Waals surface area contributed by atoms with Crippen LogP contribution in [0.1, 0.15) is 39.8 Å². The van der Waals surface area contributed by atoms with Crippen LogP contribution in [0.5, 0.6) is 11.5 Å². The Labute approximate surface area is 191 Å². The Balaban J connectivity index is 1.35. The Hall–Kier alpha value is -3.39. The van der Waals surface area contributed by atoms with Crippen molar-refractivity contribution in [1.82, 2.24) is 15.4 Å². The Morgan fingerprint density at radius 2 is 1.62 bits per heavy atom. The van der Waals surface area contributed by atoms with Crippen LogP contribution in [0.25, 0.3) is 0 Å². The lowest BCUT2D eigenvalue weighted by Gasteiger charge is -2.18. The second-order valence-electron chi connectivity index (χ2n) is 7.42. The van der Waals surface area contributed by atoms with E-state index in [-0.39, 0.29) is 5.91 Å². The van der Waals surface area contributed by atoms with Gasteiger partial charge >= 0.3 is 0 Å². The highest BCUT2D eigenvalue weighted by atomic mass is 32.2. The summed E-state index contributed by atoms with van der Waals surface area (Å²) < 4.78 is 11.1. The van der Waals surface area contributed by atoms with Gasteiger partial charge in [0, 0.05) is 28.3 Å². The molecule has 0 bridgehead atoms. The Morgan fingerprint density at radius 3 is 2.34 bits per heavy atom. The highest BCUT2D eigenvalue weighted by molar-refractivity contribution is 7.98. The molecule has 7 nitrogen and oxygen atoms in total. The third-order valence-corrected chi connectivity index (χ3v) is 5.75. The predicted octanol–water partition coefficient (Wildman–Crippen LogP) is 4.31. The number of ether oxygens (including phenoxy) is 2. The first-order valence-corrected chi connectivity index (χ1v) is 11.3. The topological polar surface area (TPSA) is 85.7 Å². The van der Waals surface area contributed by atoms with E-state index in [1.54, 1.807) is 23.9 Å². The van der Waals surface area contributed by atoms with Gasteiger partial charge in [-0.15, -0.1) is 0 Å². The van der Waals surface area contributed by atoms with Crippen molar-refractivity contribution in [1.29, 1.82) is 0 Å². The number of fused-ring (bicyclic) bond motifs is 1. The van der Waals surface area contributed by atoms with Crippen LogP contribution >= 0.6 is 11.8 Å². The van der Waals surface area contributed by atoms with Gasteiger partial charge in [-0.05, 0) is 62.7 Å². The fourth-order valence-electron chi connectivity index (χ4n) is 3.19. The number of nitrogens with one attached hydrogen (secondary N) is 1. The van der Waals surface area contributed by atoms with Crippen LogP contribution in [0.4, 0.5) is 0 Å². The average molecular weight is 449 g/mol. The van der Waals surface area contributed by atoms with Gasteiger partial charge in [-0.3, -0.25) is 4.79 Å². The number of amides is 1. The highest BCUT2D eigenvalue weighted by Gasteiger charge is 2.13. The summed E-state index contributed by atoms with van der Waals surface area (Å²) in [6, 6.07) is 15.0. The molecule has 1 aromatic heterocycles. The number of hydrogen-bond donors (Lipinski definition) is 1. The zero-order chi connectivity index (χ0) is 22.5. The van der Waals surface area contributed by atoms with E-state index in [0.717, 1.165) is 39.2 Å². The summed E-state index contributed by atoms with van der Waals surface area (Å²) in [6.45, 7) is 6.83. The molecule has 0 atom stereocenters. The summed E-state index contributed by atoms with van der Waals surface area (Å²) in [5.74, 6) is 1.87. The maximum Gasteiger partial charge on any atom is 0.271 e. The normalized spacial score (nSPS) is 13.0. The quantitative estimate of drug-likeness (QED) is 0.262. The molecule has 32 heavy (non-hydrogen) atoms. The molecule has 1 aliphatic heterocycles. The van der Waals surface area contributed by atoms with Gasteiger partial charge in [0.15, 0.2) is 16.7 Å². The SMILES string of the molecule is C/C(=N\NC(=O)c1ccc(CSc2nc(C)cc(C)n2)cc1)c1ccc2c(c1)OCCO2. The summed E-state index contributed by atoms with van der Waals surface area (Å²) >= 11 is 1.57. The minimum atomic E-state index is -0.265. The largest absolute Gasteiger partial charge is 0.486 e. The van der Waals surface area contributed by atoms with Gasteiger partial charge < -0.3 is 9.47 Å². The fraction of sp³-hybridized carbons (Fsp3) is 0.250. The van der Waals surface area contributed by atoms with Gasteiger partial charge in [0.05, 0.1) is 5.71 Å². The number of thioether (sulfide) groups is 1. The van der Waals surface area contributed by atoms with Crippen molar-refractivity contribution in [2.45, 2.75) is 31.7 Å². The molecule has 0 saturated carbocycles. The van der Waals surface area contributed by atoms with E-state index >= 15 is 0 Å². The van der Waals surface area contributed by atoms with Gasteiger partial charge in [0.25, 0.3) is 5.91 Å². The number of hydrazone groups is 1. The zero-order valence-corrected chi connectivity index (χ0v) is 19.0. The molecule has 0 fully saturated rings. The number of carbonyl (C=O) groups is 1.